The quantitative estimate of drug-likeness (QED) is 0.686. The van der Waals surface area contributed by atoms with E-state index < -0.39 is 0 Å². The molecule has 1 amide bonds. The van der Waals surface area contributed by atoms with Crippen LogP contribution in [0.3, 0.4) is 0 Å². The summed E-state index contributed by atoms with van der Waals surface area (Å²) in [5.41, 5.74) is 8.42. The first kappa shape index (κ1) is 19.2. The largest absolute Gasteiger partial charge is 0.484 e. The molecule has 0 spiro atoms. The molecule has 1 aromatic heterocycles. The maximum Gasteiger partial charge on any atom is 0.261 e. The van der Waals surface area contributed by atoms with Crippen molar-refractivity contribution in [3.8, 4) is 16.9 Å². The van der Waals surface area contributed by atoms with Crippen LogP contribution in [0.2, 0.25) is 5.02 Å². The number of nitrogen functional groups attached to an aromatic ring is 1. The van der Waals surface area contributed by atoms with Gasteiger partial charge in [-0.05, 0) is 42.7 Å². The van der Waals surface area contributed by atoms with Crippen molar-refractivity contribution >= 4 is 23.5 Å². The molecule has 7 heteroatoms. The van der Waals surface area contributed by atoms with Gasteiger partial charge in [-0.3, -0.25) is 4.79 Å². The zero-order valence-corrected chi connectivity index (χ0v) is 16.5. The highest BCUT2D eigenvalue weighted by atomic mass is 35.5. The number of hydrogen-bond donors (Lipinski definition) is 1. The Morgan fingerprint density at radius 1 is 1.17 bits per heavy atom. The van der Waals surface area contributed by atoms with Crippen LogP contribution in [0.15, 0.2) is 60.8 Å². The molecule has 0 saturated carbocycles. The van der Waals surface area contributed by atoms with E-state index in [1.54, 1.807) is 6.20 Å². The van der Waals surface area contributed by atoms with Crippen molar-refractivity contribution in [1.82, 2.24) is 14.9 Å². The number of amides is 1. The molecule has 6 nitrogen and oxygen atoms in total. The standard InChI is InChI=1S/C22H21ClN4O2/c23-16-10-8-15(9-11-16)18-13-25-22(24)26-21(18)19-7-4-12-27(19)20(28)14-29-17-5-2-1-3-6-17/h1-3,5-6,8-11,13,19H,4,7,12,14H2,(H2,24,25,26)/t19-/m1/s1. The molecule has 2 aromatic carbocycles. The van der Waals surface area contributed by atoms with E-state index in [0.717, 1.165) is 29.7 Å². The van der Waals surface area contributed by atoms with Crippen LogP contribution in [0.4, 0.5) is 5.95 Å². The van der Waals surface area contributed by atoms with Crippen molar-refractivity contribution in [3.05, 3.63) is 71.5 Å². The van der Waals surface area contributed by atoms with Gasteiger partial charge in [0.05, 0.1) is 11.7 Å². The number of carbonyl (C=O) groups is 1. The second kappa shape index (κ2) is 8.49. The molecule has 0 bridgehead atoms. The highest BCUT2D eigenvalue weighted by molar-refractivity contribution is 6.30. The number of halogens is 1. The van der Waals surface area contributed by atoms with E-state index in [1.165, 1.54) is 0 Å². The summed E-state index contributed by atoms with van der Waals surface area (Å²) < 4.78 is 5.65. The van der Waals surface area contributed by atoms with Gasteiger partial charge in [0, 0.05) is 23.3 Å². The van der Waals surface area contributed by atoms with E-state index in [0.29, 0.717) is 17.3 Å². The molecular formula is C22H21ClN4O2. The topological polar surface area (TPSA) is 81.3 Å². The third-order valence-corrected chi connectivity index (χ3v) is 5.24. The fraction of sp³-hybridized carbons (Fsp3) is 0.227. The van der Waals surface area contributed by atoms with Gasteiger partial charge in [0.15, 0.2) is 6.61 Å². The molecule has 1 atom stereocenters. The third-order valence-electron chi connectivity index (χ3n) is 4.99. The highest BCUT2D eigenvalue weighted by Gasteiger charge is 2.33. The summed E-state index contributed by atoms with van der Waals surface area (Å²) in [6.07, 6.45) is 3.42. The summed E-state index contributed by atoms with van der Waals surface area (Å²) in [5, 5.41) is 0.655. The first-order valence-corrected chi connectivity index (χ1v) is 9.85. The van der Waals surface area contributed by atoms with Gasteiger partial charge >= 0.3 is 0 Å². The monoisotopic (exact) mass is 408 g/mol. The summed E-state index contributed by atoms with van der Waals surface area (Å²) in [6.45, 7) is 0.642. The van der Waals surface area contributed by atoms with E-state index in [-0.39, 0.29) is 24.5 Å². The number of likely N-dealkylation sites (tertiary alicyclic amines) is 1. The molecule has 1 fully saturated rings. The molecule has 0 radical (unpaired) electrons. The van der Waals surface area contributed by atoms with Crippen LogP contribution in [0.25, 0.3) is 11.1 Å². The van der Waals surface area contributed by atoms with Crippen molar-refractivity contribution in [2.75, 3.05) is 18.9 Å². The lowest BCUT2D eigenvalue weighted by Gasteiger charge is -2.26. The van der Waals surface area contributed by atoms with Crippen molar-refractivity contribution in [1.29, 1.82) is 0 Å². The minimum absolute atomic E-state index is 0.0165. The Balaban J connectivity index is 1.59. The zero-order chi connectivity index (χ0) is 20.2. The predicted molar refractivity (Wildman–Crippen MR) is 113 cm³/mol. The lowest BCUT2D eigenvalue weighted by molar-refractivity contribution is -0.134. The molecule has 2 heterocycles. The average Bonchev–Trinajstić information content (AvgIpc) is 3.23. The summed E-state index contributed by atoms with van der Waals surface area (Å²) in [4.78, 5) is 23.4. The number of ether oxygens (including phenoxy) is 1. The lowest BCUT2D eigenvalue weighted by atomic mass is 10.00. The van der Waals surface area contributed by atoms with Gasteiger partial charge in [0.1, 0.15) is 5.75 Å². The Bertz CT molecular complexity index is 995. The maximum absolute atomic E-state index is 12.9. The van der Waals surface area contributed by atoms with Gasteiger partial charge in [-0.2, -0.15) is 0 Å². The highest BCUT2D eigenvalue weighted by Crippen LogP contribution is 2.37. The minimum Gasteiger partial charge on any atom is -0.484 e. The van der Waals surface area contributed by atoms with Gasteiger partial charge in [0.25, 0.3) is 5.91 Å². The molecule has 4 rings (SSSR count). The molecule has 29 heavy (non-hydrogen) atoms. The van der Waals surface area contributed by atoms with E-state index in [9.17, 15) is 4.79 Å². The van der Waals surface area contributed by atoms with E-state index in [1.807, 2.05) is 59.5 Å². The number of anilines is 1. The van der Waals surface area contributed by atoms with Crippen LogP contribution in [0, 0.1) is 0 Å². The number of nitrogens with zero attached hydrogens (tertiary/aromatic N) is 3. The molecule has 0 unspecified atom stereocenters. The van der Waals surface area contributed by atoms with Gasteiger partial charge < -0.3 is 15.4 Å². The Morgan fingerprint density at radius 2 is 1.93 bits per heavy atom. The van der Waals surface area contributed by atoms with Crippen LogP contribution < -0.4 is 10.5 Å². The molecule has 1 aliphatic rings. The van der Waals surface area contributed by atoms with Crippen molar-refractivity contribution in [3.63, 3.8) is 0 Å². The Morgan fingerprint density at radius 3 is 2.69 bits per heavy atom. The summed E-state index contributed by atoms with van der Waals surface area (Å²) in [6, 6.07) is 16.6. The van der Waals surface area contributed by atoms with Gasteiger partial charge in [-0.15, -0.1) is 0 Å². The van der Waals surface area contributed by atoms with E-state index >= 15 is 0 Å². The molecule has 2 N–H and O–H groups in total. The maximum atomic E-state index is 12.9. The fourth-order valence-corrected chi connectivity index (χ4v) is 3.74. The lowest BCUT2D eigenvalue weighted by Crippen LogP contribution is -2.35. The number of rotatable bonds is 5. The minimum atomic E-state index is -0.169. The second-order valence-electron chi connectivity index (χ2n) is 6.88. The average molecular weight is 409 g/mol. The van der Waals surface area contributed by atoms with Gasteiger partial charge in [-0.25, -0.2) is 9.97 Å². The first-order chi connectivity index (χ1) is 14.1. The summed E-state index contributed by atoms with van der Waals surface area (Å²) in [5.74, 6) is 0.790. The molecule has 1 aliphatic heterocycles. The van der Waals surface area contributed by atoms with Crippen molar-refractivity contribution < 1.29 is 9.53 Å². The normalized spacial score (nSPS) is 16.0. The second-order valence-corrected chi connectivity index (χ2v) is 7.32. The molecule has 0 aliphatic carbocycles. The fourth-order valence-electron chi connectivity index (χ4n) is 3.61. The number of aromatic nitrogens is 2. The number of hydrogen-bond acceptors (Lipinski definition) is 5. The molecule has 1 saturated heterocycles. The summed E-state index contributed by atoms with van der Waals surface area (Å²) >= 11 is 6.02. The summed E-state index contributed by atoms with van der Waals surface area (Å²) in [7, 11) is 0. The van der Waals surface area contributed by atoms with E-state index in [2.05, 4.69) is 9.97 Å². The molecule has 3 aromatic rings. The Labute approximate surface area is 174 Å². The first-order valence-electron chi connectivity index (χ1n) is 9.47. The molecular weight excluding hydrogens is 388 g/mol. The van der Waals surface area contributed by atoms with Crippen molar-refractivity contribution in [2.24, 2.45) is 0 Å². The van der Waals surface area contributed by atoms with Crippen LogP contribution in [0.5, 0.6) is 5.75 Å². The van der Waals surface area contributed by atoms with Crippen LogP contribution in [-0.4, -0.2) is 33.9 Å². The van der Waals surface area contributed by atoms with Crippen LogP contribution in [-0.2, 0) is 4.79 Å². The van der Waals surface area contributed by atoms with Gasteiger partial charge in [0.2, 0.25) is 5.95 Å². The van der Waals surface area contributed by atoms with Crippen LogP contribution in [0.1, 0.15) is 24.6 Å². The number of benzene rings is 2. The van der Waals surface area contributed by atoms with Crippen molar-refractivity contribution in [2.45, 2.75) is 18.9 Å². The smallest absolute Gasteiger partial charge is 0.261 e. The zero-order valence-electron chi connectivity index (χ0n) is 15.8. The predicted octanol–water partition coefficient (Wildman–Crippen LogP) is 4.12. The van der Waals surface area contributed by atoms with E-state index in [4.69, 9.17) is 22.1 Å². The number of nitrogens with two attached hydrogens (primary N) is 1. The Kier molecular flexibility index (Phi) is 5.62. The number of para-hydroxylation sites is 1. The molecule has 148 valence electrons. The SMILES string of the molecule is Nc1ncc(-c2ccc(Cl)cc2)c([C@H]2CCCN2C(=O)COc2ccccc2)n1. The van der Waals surface area contributed by atoms with Gasteiger partial charge in [-0.1, -0.05) is 41.9 Å². The Hall–Kier alpha value is -3.12. The number of carbonyl (C=O) groups excluding carboxylic acids is 1. The third kappa shape index (κ3) is 4.32. The van der Waals surface area contributed by atoms with Crippen LogP contribution >= 0.6 is 11.6 Å².